The fraction of sp³-hybridized carbons (Fsp3) is 0.818. The number of nitrogens with zero attached hydrogens (tertiary/aromatic N) is 1. The van der Waals surface area contributed by atoms with E-state index in [4.69, 9.17) is 5.11 Å². The number of hydrogen-bond donors (Lipinski definition) is 2. The third kappa shape index (κ3) is 10.3. The van der Waals surface area contributed by atoms with Gasteiger partial charge in [0, 0.05) is 19.3 Å². The maximum Gasteiger partial charge on any atom is 0.323 e. The van der Waals surface area contributed by atoms with Crippen LogP contribution in [0.25, 0.3) is 0 Å². The van der Waals surface area contributed by atoms with Gasteiger partial charge in [0.25, 0.3) is 0 Å². The van der Waals surface area contributed by atoms with E-state index >= 15 is 0 Å². The number of amides is 2. The summed E-state index contributed by atoms with van der Waals surface area (Å²) in [6.07, 6.45) is 1.44. The fourth-order valence-corrected chi connectivity index (χ4v) is 2.13. The van der Waals surface area contributed by atoms with Crippen LogP contribution in [-0.2, 0) is 14.6 Å². The van der Waals surface area contributed by atoms with E-state index < -0.39 is 21.8 Å². The van der Waals surface area contributed by atoms with Gasteiger partial charge in [-0.05, 0) is 12.3 Å². The first-order valence-electron chi connectivity index (χ1n) is 6.04. The number of carbonyl (C=O) groups excluding carboxylic acids is 1. The average Bonchev–Trinajstić information content (AvgIpc) is 2.20. The summed E-state index contributed by atoms with van der Waals surface area (Å²) in [5.74, 6) is -0.927. The van der Waals surface area contributed by atoms with Crippen molar-refractivity contribution in [1.82, 2.24) is 10.2 Å². The molecule has 0 aliphatic carbocycles. The molecule has 0 bridgehead atoms. The van der Waals surface area contributed by atoms with E-state index in [-0.39, 0.29) is 24.8 Å². The predicted octanol–water partition coefficient (Wildman–Crippen LogP) is 0.173. The SMILES string of the molecule is CC(C)CN(CC(=O)O)C(=O)NCCCS(C)(=O)=O. The standard InChI is InChI=1S/C11H22N2O5S/c1-9(2)7-13(8-10(14)15)11(16)12-5-4-6-19(3,17)18/h9H,4-8H2,1-3H3,(H,12,16)(H,14,15). The van der Waals surface area contributed by atoms with Gasteiger partial charge in [0.2, 0.25) is 0 Å². The van der Waals surface area contributed by atoms with Crippen molar-refractivity contribution in [3.05, 3.63) is 0 Å². The van der Waals surface area contributed by atoms with E-state index in [2.05, 4.69) is 5.32 Å². The van der Waals surface area contributed by atoms with Crippen molar-refractivity contribution < 1.29 is 23.1 Å². The Morgan fingerprint density at radius 1 is 1.32 bits per heavy atom. The highest BCUT2D eigenvalue weighted by Gasteiger charge is 2.17. The Labute approximate surface area is 113 Å². The van der Waals surface area contributed by atoms with Crippen LogP contribution in [0.4, 0.5) is 4.79 Å². The number of hydrogen-bond acceptors (Lipinski definition) is 4. The van der Waals surface area contributed by atoms with Gasteiger partial charge in [0.1, 0.15) is 16.4 Å². The van der Waals surface area contributed by atoms with Gasteiger partial charge < -0.3 is 15.3 Å². The molecule has 0 aliphatic rings. The van der Waals surface area contributed by atoms with Crippen molar-refractivity contribution in [3.8, 4) is 0 Å². The Kier molecular flexibility index (Phi) is 7.43. The maximum absolute atomic E-state index is 11.7. The minimum atomic E-state index is -3.04. The highest BCUT2D eigenvalue weighted by Crippen LogP contribution is 1.99. The zero-order valence-electron chi connectivity index (χ0n) is 11.5. The van der Waals surface area contributed by atoms with E-state index in [1.165, 1.54) is 4.90 Å². The van der Waals surface area contributed by atoms with Crippen LogP contribution in [-0.4, -0.2) is 62.1 Å². The smallest absolute Gasteiger partial charge is 0.323 e. The van der Waals surface area contributed by atoms with Crippen LogP contribution in [0.1, 0.15) is 20.3 Å². The molecule has 0 radical (unpaired) electrons. The lowest BCUT2D eigenvalue weighted by Gasteiger charge is -2.23. The summed E-state index contributed by atoms with van der Waals surface area (Å²) < 4.78 is 21.8. The van der Waals surface area contributed by atoms with E-state index in [1.807, 2.05) is 13.8 Å². The Morgan fingerprint density at radius 3 is 2.32 bits per heavy atom. The van der Waals surface area contributed by atoms with Crippen molar-refractivity contribution in [3.63, 3.8) is 0 Å². The van der Waals surface area contributed by atoms with E-state index in [0.29, 0.717) is 13.0 Å². The minimum Gasteiger partial charge on any atom is -0.480 e. The molecule has 0 spiro atoms. The van der Waals surface area contributed by atoms with E-state index in [0.717, 1.165) is 6.26 Å². The Balaban J connectivity index is 4.20. The quantitative estimate of drug-likeness (QED) is 0.621. The van der Waals surface area contributed by atoms with Gasteiger partial charge in [-0.1, -0.05) is 13.8 Å². The molecule has 0 aromatic heterocycles. The second-order valence-electron chi connectivity index (χ2n) is 4.88. The van der Waals surface area contributed by atoms with Gasteiger partial charge in [0.15, 0.2) is 0 Å². The number of rotatable bonds is 8. The number of aliphatic carboxylic acids is 1. The second kappa shape index (κ2) is 7.98. The third-order valence-electron chi connectivity index (χ3n) is 2.17. The summed E-state index contributed by atoms with van der Waals surface area (Å²) in [5, 5.41) is 11.2. The fourth-order valence-electron chi connectivity index (χ4n) is 1.46. The summed E-state index contributed by atoms with van der Waals surface area (Å²) in [6, 6.07) is -0.482. The molecule has 2 amide bonds. The first kappa shape index (κ1) is 17.7. The van der Waals surface area contributed by atoms with Crippen LogP contribution in [0.2, 0.25) is 0 Å². The maximum atomic E-state index is 11.7. The normalized spacial score (nSPS) is 11.4. The van der Waals surface area contributed by atoms with Gasteiger partial charge in [-0.2, -0.15) is 0 Å². The van der Waals surface area contributed by atoms with Crippen molar-refractivity contribution in [2.45, 2.75) is 20.3 Å². The van der Waals surface area contributed by atoms with Crippen molar-refractivity contribution in [2.75, 3.05) is 31.6 Å². The molecule has 0 aromatic carbocycles. The molecular weight excluding hydrogens is 272 g/mol. The molecule has 0 fully saturated rings. The van der Waals surface area contributed by atoms with Crippen molar-refractivity contribution in [2.24, 2.45) is 5.92 Å². The first-order chi connectivity index (χ1) is 8.61. The molecule has 7 nitrogen and oxygen atoms in total. The molecule has 0 aromatic rings. The predicted molar refractivity (Wildman–Crippen MR) is 71.8 cm³/mol. The van der Waals surface area contributed by atoms with Crippen molar-refractivity contribution in [1.29, 1.82) is 0 Å². The zero-order valence-corrected chi connectivity index (χ0v) is 12.4. The van der Waals surface area contributed by atoms with Crippen LogP contribution < -0.4 is 5.32 Å². The van der Waals surface area contributed by atoms with Gasteiger partial charge >= 0.3 is 12.0 Å². The summed E-state index contributed by atoms with van der Waals surface area (Å²) in [4.78, 5) is 23.6. The molecule has 19 heavy (non-hydrogen) atoms. The van der Waals surface area contributed by atoms with Gasteiger partial charge in [0.05, 0.1) is 5.75 Å². The van der Waals surface area contributed by atoms with Gasteiger partial charge in [-0.25, -0.2) is 13.2 Å². The third-order valence-corrected chi connectivity index (χ3v) is 3.20. The lowest BCUT2D eigenvalue weighted by Crippen LogP contribution is -2.44. The Bertz CT molecular complexity index is 405. The number of carboxylic acids is 1. The van der Waals surface area contributed by atoms with Crippen LogP contribution in [0.15, 0.2) is 0 Å². The summed E-state index contributed by atoms with van der Waals surface area (Å²) in [6.45, 7) is 3.94. The van der Waals surface area contributed by atoms with Crippen molar-refractivity contribution >= 4 is 21.8 Å². The molecule has 112 valence electrons. The number of carbonyl (C=O) groups is 2. The largest absolute Gasteiger partial charge is 0.480 e. The average molecular weight is 294 g/mol. The van der Waals surface area contributed by atoms with Crippen LogP contribution in [0.5, 0.6) is 0 Å². The molecule has 0 unspecified atom stereocenters. The molecule has 0 aliphatic heterocycles. The van der Waals surface area contributed by atoms with Crippen LogP contribution in [0.3, 0.4) is 0 Å². The molecule has 0 heterocycles. The second-order valence-corrected chi connectivity index (χ2v) is 7.14. The summed E-state index contributed by atoms with van der Waals surface area (Å²) in [5.41, 5.74) is 0. The van der Waals surface area contributed by atoms with Gasteiger partial charge in [-0.15, -0.1) is 0 Å². The number of urea groups is 1. The molecular formula is C11H22N2O5S. The zero-order chi connectivity index (χ0) is 15.1. The monoisotopic (exact) mass is 294 g/mol. The molecule has 0 atom stereocenters. The van der Waals surface area contributed by atoms with E-state index in [1.54, 1.807) is 0 Å². The number of nitrogens with one attached hydrogen (secondary N) is 1. The molecule has 8 heteroatoms. The molecule has 0 saturated carbocycles. The first-order valence-corrected chi connectivity index (χ1v) is 8.10. The lowest BCUT2D eigenvalue weighted by molar-refractivity contribution is -0.137. The van der Waals surface area contributed by atoms with E-state index in [9.17, 15) is 18.0 Å². The Hall–Kier alpha value is -1.31. The number of sulfone groups is 1. The summed E-state index contributed by atoms with van der Waals surface area (Å²) >= 11 is 0. The topological polar surface area (TPSA) is 104 Å². The lowest BCUT2D eigenvalue weighted by atomic mass is 10.2. The van der Waals surface area contributed by atoms with Gasteiger partial charge in [-0.3, -0.25) is 4.79 Å². The molecule has 0 saturated heterocycles. The van der Waals surface area contributed by atoms with Crippen LogP contribution in [0, 0.1) is 5.92 Å². The Morgan fingerprint density at radius 2 is 1.89 bits per heavy atom. The minimum absolute atomic E-state index is 0.00358. The number of carboxylic acid groups (broad SMARTS) is 1. The highest BCUT2D eigenvalue weighted by atomic mass is 32.2. The highest BCUT2D eigenvalue weighted by molar-refractivity contribution is 7.90. The molecule has 2 N–H and O–H groups in total. The summed E-state index contributed by atoms with van der Waals surface area (Å²) in [7, 11) is -3.04. The van der Waals surface area contributed by atoms with Crippen LogP contribution >= 0.6 is 0 Å². The molecule has 0 rings (SSSR count).